The average Bonchev–Trinajstić information content (AvgIpc) is 2.45. The number of non-ortho nitro benzene ring substituents is 1. The van der Waals surface area contributed by atoms with E-state index in [-0.39, 0.29) is 12.2 Å². The minimum atomic E-state index is -0.912. The van der Waals surface area contributed by atoms with Crippen LogP contribution < -0.4 is 10.7 Å². The Bertz CT molecular complexity index is 551. The van der Waals surface area contributed by atoms with Crippen LogP contribution in [-0.2, 0) is 9.59 Å². The molecule has 1 aromatic carbocycles. The summed E-state index contributed by atoms with van der Waals surface area (Å²) in [5.74, 6) is -1.74. The molecule has 2 amide bonds. The molecule has 20 heavy (non-hydrogen) atoms. The molecule has 0 atom stereocenters. The number of nitro benzene ring substituents is 1. The van der Waals surface area contributed by atoms with E-state index >= 15 is 0 Å². The Balaban J connectivity index is 2.52. The Morgan fingerprint density at radius 2 is 1.95 bits per heavy atom. The van der Waals surface area contributed by atoms with E-state index in [2.05, 4.69) is 17.0 Å². The van der Waals surface area contributed by atoms with E-state index in [9.17, 15) is 19.7 Å². The van der Waals surface area contributed by atoms with Gasteiger partial charge in [0.15, 0.2) is 0 Å². The molecule has 0 bridgehead atoms. The van der Waals surface area contributed by atoms with Gasteiger partial charge < -0.3 is 5.32 Å². The second-order valence-electron chi connectivity index (χ2n) is 3.55. The fraction of sp³-hybridized carbons (Fsp3) is 0.0833. The SMILES string of the molecule is C=CCNC(=O)C(=O)N/N=C/c1ccc([N+](=O)[O-])cc1. The zero-order valence-corrected chi connectivity index (χ0v) is 10.4. The monoisotopic (exact) mass is 276 g/mol. The van der Waals surface area contributed by atoms with Gasteiger partial charge in [0.25, 0.3) is 5.69 Å². The van der Waals surface area contributed by atoms with Crippen molar-refractivity contribution in [2.24, 2.45) is 5.10 Å². The molecule has 0 radical (unpaired) electrons. The quantitative estimate of drug-likeness (QED) is 0.265. The van der Waals surface area contributed by atoms with Crippen molar-refractivity contribution in [2.75, 3.05) is 6.54 Å². The van der Waals surface area contributed by atoms with Crippen LogP contribution in [0.15, 0.2) is 42.0 Å². The van der Waals surface area contributed by atoms with Gasteiger partial charge in [-0.3, -0.25) is 19.7 Å². The van der Waals surface area contributed by atoms with Gasteiger partial charge in [0, 0.05) is 18.7 Å². The van der Waals surface area contributed by atoms with Crippen molar-refractivity contribution < 1.29 is 14.5 Å². The molecule has 8 nitrogen and oxygen atoms in total. The molecule has 0 saturated carbocycles. The molecule has 0 aliphatic carbocycles. The van der Waals surface area contributed by atoms with Gasteiger partial charge >= 0.3 is 11.8 Å². The van der Waals surface area contributed by atoms with Crippen LogP contribution in [0.2, 0.25) is 0 Å². The van der Waals surface area contributed by atoms with E-state index < -0.39 is 16.7 Å². The molecule has 0 aliphatic rings. The molecule has 0 saturated heterocycles. The number of rotatable bonds is 5. The van der Waals surface area contributed by atoms with Crippen LogP contribution in [0.25, 0.3) is 0 Å². The lowest BCUT2D eigenvalue weighted by Gasteiger charge is -1.99. The number of hydrogen-bond acceptors (Lipinski definition) is 5. The van der Waals surface area contributed by atoms with Crippen LogP contribution >= 0.6 is 0 Å². The van der Waals surface area contributed by atoms with E-state index in [4.69, 9.17) is 0 Å². The molecule has 2 N–H and O–H groups in total. The Morgan fingerprint density at radius 3 is 2.50 bits per heavy atom. The summed E-state index contributed by atoms with van der Waals surface area (Å²) in [6.07, 6.45) is 2.70. The van der Waals surface area contributed by atoms with Crippen LogP contribution in [0, 0.1) is 10.1 Å². The summed E-state index contributed by atoms with van der Waals surface area (Å²) in [6.45, 7) is 3.57. The maximum Gasteiger partial charge on any atom is 0.329 e. The smallest absolute Gasteiger partial charge is 0.329 e. The highest BCUT2D eigenvalue weighted by Gasteiger charge is 2.10. The maximum atomic E-state index is 11.2. The molecule has 1 rings (SSSR count). The minimum absolute atomic E-state index is 0.0463. The van der Waals surface area contributed by atoms with Crippen molar-refractivity contribution in [1.82, 2.24) is 10.7 Å². The lowest BCUT2D eigenvalue weighted by molar-refractivity contribution is -0.384. The van der Waals surface area contributed by atoms with E-state index in [1.54, 1.807) is 0 Å². The van der Waals surface area contributed by atoms with Crippen LogP contribution in [0.3, 0.4) is 0 Å². The second-order valence-corrected chi connectivity index (χ2v) is 3.55. The highest BCUT2D eigenvalue weighted by molar-refractivity contribution is 6.35. The Kier molecular flexibility index (Phi) is 5.57. The molecule has 0 aliphatic heterocycles. The molecule has 0 aromatic heterocycles. The zero-order chi connectivity index (χ0) is 15.0. The van der Waals surface area contributed by atoms with Gasteiger partial charge in [-0.1, -0.05) is 6.08 Å². The standard InChI is InChI=1S/C12H12N4O4/c1-2-7-13-11(17)12(18)15-14-8-9-3-5-10(6-4-9)16(19)20/h2-6,8H,1,7H2,(H,13,17)(H,15,18)/b14-8+. The van der Waals surface area contributed by atoms with Crippen LogP contribution in [0.4, 0.5) is 5.69 Å². The van der Waals surface area contributed by atoms with E-state index in [0.29, 0.717) is 5.56 Å². The third kappa shape index (κ3) is 4.69. The number of hydrazone groups is 1. The zero-order valence-electron chi connectivity index (χ0n) is 10.4. The molecule has 104 valence electrons. The summed E-state index contributed by atoms with van der Waals surface area (Å²) in [4.78, 5) is 32.3. The lowest BCUT2D eigenvalue weighted by atomic mass is 10.2. The largest absolute Gasteiger partial charge is 0.344 e. The number of nitrogens with zero attached hydrogens (tertiary/aromatic N) is 2. The van der Waals surface area contributed by atoms with E-state index in [1.165, 1.54) is 36.6 Å². The van der Waals surface area contributed by atoms with Crippen molar-refractivity contribution in [2.45, 2.75) is 0 Å². The fourth-order valence-corrected chi connectivity index (χ4v) is 1.14. The molecule has 0 heterocycles. The Morgan fingerprint density at radius 1 is 1.30 bits per heavy atom. The van der Waals surface area contributed by atoms with Crippen molar-refractivity contribution in [3.8, 4) is 0 Å². The first-order chi connectivity index (χ1) is 9.54. The van der Waals surface area contributed by atoms with E-state index in [0.717, 1.165) is 0 Å². The minimum Gasteiger partial charge on any atom is -0.344 e. The predicted octanol–water partition coefficient (Wildman–Crippen LogP) is 0.347. The highest BCUT2D eigenvalue weighted by atomic mass is 16.6. The second kappa shape index (κ2) is 7.41. The summed E-state index contributed by atoms with van der Waals surface area (Å²) in [5.41, 5.74) is 2.53. The topological polar surface area (TPSA) is 114 Å². The normalized spacial score (nSPS) is 10.0. The summed E-state index contributed by atoms with van der Waals surface area (Å²) in [7, 11) is 0. The molecule has 0 fully saturated rings. The highest BCUT2D eigenvalue weighted by Crippen LogP contribution is 2.10. The first kappa shape index (κ1) is 15.0. The molecular formula is C12H12N4O4. The van der Waals surface area contributed by atoms with Gasteiger partial charge in [-0.25, -0.2) is 5.43 Å². The number of hydrogen-bond donors (Lipinski definition) is 2. The third-order valence-corrected chi connectivity index (χ3v) is 2.10. The molecule has 0 unspecified atom stereocenters. The van der Waals surface area contributed by atoms with Gasteiger partial charge in [0.2, 0.25) is 0 Å². The summed E-state index contributed by atoms with van der Waals surface area (Å²) < 4.78 is 0. The van der Waals surface area contributed by atoms with Gasteiger partial charge in [-0.05, 0) is 17.7 Å². The maximum absolute atomic E-state index is 11.2. The van der Waals surface area contributed by atoms with Crippen LogP contribution in [0.5, 0.6) is 0 Å². The lowest BCUT2D eigenvalue weighted by Crippen LogP contribution is -2.37. The Labute approximate surface area is 114 Å². The number of nitrogens with one attached hydrogen (secondary N) is 2. The summed E-state index contributed by atoms with van der Waals surface area (Å²) in [5, 5.41) is 16.3. The number of carbonyl (C=O) groups excluding carboxylic acids is 2. The molecule has 1 aromatic rings. The number of benzene rings is 1. The van der Waals surface area contributed by atoms with Crippen molar-refractivity contribution in [3.05, 3.63) is 52.6 Å². The van der Waals surface area contributed by atoms with Crippen molar-refractivity contribution in [1.29, 1.82) is 0 Å². The van der Waals surface area contributed by atoms with Crippen molar-refractivity contribution in [3.63, 3.8) is 0 Å². The van der Waals surface area contributed by atoms with Gasteiger partial charge in [-0.2, -0.15) is 5.10 Å². The van der Waals surface area contributed by atoms with Gasteiger partial charge in [-0.15, -0.1) is 6.58 Å². The van der Waals surface area contributed by atoms with Gasteiger partial charge in [0.1, 0.15) is 0 Å². The molecular weight excluding hydrogens is 264 g/mol. The summed E-state index contributed by atoms with van der Waals surface area (Å²) >= 11 is 0. The third-order valence-electron chi connectivity index (χ3n) is 2.10. The van der Waals surface area contributed by atoms with Crippen molar-refractivity contribution >= 4 is 23.7 Å². The molecule has 8 heteroatoms. The first-order valence-electron chi connectivity index (χ1n) is 5.51. The fourth-order valence-electron chi connectivity index (χ4n) is 1.14. The number of nitro groups is 1. The predicted molar refractivity (Wildman–Crippen MR) is 72.0 cm³/mol. The number of carbonyl (C=O) groups is 2. The molecule has 0 spiro atoms. The van der Waals surface area contributed by atoms with Crippen LogP contribution in [0.1, 0.15) is 5.56 Å². The average molecular weight is 276 g/mol. The van der Waals surface area contributed by atoms with Crippen LogP contribution in [-0.4, -0.2) is 29.5 Å². The summed E-state index contributed by atoms with van der Waals surface area (Å²) in [6, 6.07) is 5.54. The number of amides is 2. The Hall–Kier alpha value is -3.03. The van der Waals surface area contributed by atoms with Gasteiger partial charge in [0.05, 0.1) is 11.1 Å². The van der Waals surface area contributed by atoms with E-state index in [1.807, 2.05) is 5.43 Å². The first-order valence-corrected chi connectivity index (χ1v) is 5.51.